The number of carbonyl (C=O) groups excluding carboxylic acids is 3. The number of hydrogen-bond acceptors (Lipinski definition) is 6. The van der Waals surface area contributed by atoms with E-state index in [1.165, 1.54) is 19.1 Å². The number of rotatable bonds is 9. The molecule has 3 heterocycles. The van der Waals surface area contributed by atoms with Crippen molar-refractivity contribution in [1.82, 2.24) is 5.32 Å². The Bertz CT molecular complexity index is 859. The summed E-state index contributed by atoms with van der Waals surface area (Å²) < 4.78 is 17.9. The lowest BCUT2D eigenvalue weighted by atomic mass is 9.88. The van der Waals surface area contributed by atoms with Gasteiger partial charge >= 0.3 is 0 Å². The number of ketones is 1. The zero-order valence-corrected chi connectivity index (χ0v) is 20.6. The smallest absolute Gasteiger partial charge is 0.244 e. The number of ether oxygens (including phenoxy) is 3. The fraction of sp³-hybridized carbons (Fsp3) is 0.654. The fourth-order valence-electron chi connectivity index (χ4n) is 4.77. The van der Waals surface area contributed by atoms with Crippen molar-refractivity contribution in [3.8, 4) is 0 Å². The maximum Gasteiger partial charge on any atom is 0.244 e. The number of epoxide rings is 1. The molecule has 3 saturated heterocycles. The third-order valence-electron chi connectivity index (χ3n) is 6.78. The van der Waals surface area contributed by atoms with Crippen LogP contribution in [0.4, 0.5) is 0 Å². The Hall–Kier alpha value is -2.29. The minimum absolute atomic E-state index is 0.0632. The van der Waals surface area contributed by atoms with Crippen LogP contribution in [0.3, 0.4) is 0 Å². The number of nitrogens with two attached hydrogens (primary N) is 1. The molecule has 0 aromatic carbocycles. The summed E-state index contributed by atoms with van der Waals surface area (Å²) in [6, 6.07) is -0.0888. The molecular weight excluding hydrogens is 436 g/mol. The number of hydrogen-bond donors (Lipinski definition) is 2. The zero-order valence-electron chi connectivity index (χ0n) is 20.6. The predicted molar refractivity (Wildman–Crippen MR) is 128 cm³/mol. The van der Waals surface area contributed by atoms with Gasteiger partial charge in [0.1, 0.15) is 0 Å². The highest BCUT2D eigenvalue weighted by atomic mass is 16.6. The van der Waals surface area contributed by atoms with Gasteiger partial charge in [-0.3, -0.25) is 14.4 Å². The minimum Gasteiger partial charge on any atom is -0.373 e. The summed E-state index contributed by atoms with van der Waals surface area (Å²) in [5.74, 6) is -0.515. The summed E-state index contributed by atoms with van der Waals surface area (Å²) in [4.78, 5) is 34.3. The highest BCUT2D eigenvalue weighted by Gasteiger charge is 2.51. The van der Waals surface area contributed by atoms with Crippen LogP contribution >= 0.6 is 0 Å². The van der Waals surface area contributed by atoms with Crippen LogP contribution in [0.2, 0.25) is 0 Å². The quantitative estimate of drug-likeness (QED) is 0.301. The summed E-state index contributed by atoms with van der Waals surface area (Å²) in [6.07, 6.45) is 11.7. The zero-order chi connectivity index (χ0) is 24.9. The molecule has 7 atom stereocenters. The number of nitrogens with one attached hydrogen (secondary N) is 1. The first-order valence-electron chi connectivity index (χ1n) is 12.1. The van der Waals surface area contributed by atoms with Gasteiger partial charge in [0.05, 0.1) is 49.1 Å². The van der Waals surface area contributed by atoms with E-state index in [9.17, 15) is 14.4 Å². The minimum atomic E-state index is -0.355. The lowest BCUT2D eigenvalue weighted by molar-refractivity contribution is -0.125. The Morgan fingerprint density at radius 2 is 1.82 bits per heavy atom. The molecule has 0 aromatic rings. The molecule has 8 nitrogen and oxygen atoms in total. The van der Waals surface area contributed by atoms with Gasteiger partial charge in [-0.05, 0) is 45.6 Å². The van der Waals surface area contributed by atoms with E-state index in [0.29, 0.717) is 6.61 Å². The molecule has 2 amide bonds. The number of carbonyl (C=O) groups is 3. The molecule has 188 valence electrons. The van der Waals surface area contributed by atoms with E-state index in [0.717, 1.165) is 31.3 Å². The molecule has 0 unspecified atom stereocenters. The Kier molecular flexibility index (Phi) is 8.84. The third kappa shape index (κ3) is 7.89. The molecule has 0 radical (unpaired) electrons. The van der Waals surface area contributed by atoms with Crippen molar-refractivity contribution >= 4 is 17.6 Å². The molecule has 3 fully saturated rings. The highest BCUT2D eigenvalue weighted by molar-refractivity contribution is 5.96. The van der Waals surface area contributed by atoms with Gasteiger partial charge in [-0.25, -0.2) is 0 Å². The normalized spacial score (nSPS) is 36.2. The molecule has 0 aliphatic carbocycles. The van der Waals surface area contributed by atoms with E-state index in [1.807, 2.05) is 19.9 Å². The second-order valence-corrected chi connectivity index (χ2v) is 10.0. The SMILES string of the molecule is CC(=O)/C=C\C(=O)N[C@@H]1C[C@H](C)[C@H](C/C=C(C)/C=C/[C@@H]2C[C@@]3(CO3)C[C@@H](CC(N)=O)O2)O[C@@H]1C. The van der Waals surface area contributed by atoms with Gasteiger partial charge in [0.2, 0.25) is 11.8 Å². The Balaban J connectivity index is 1.49. The monoisotopic (exact) mass is 474 g/mol. The van der Waals surface area contributed by atoms with Gasteiger partial charge in [-0.1, -0.05) is 30.7 Å². The molecule has 3 N–H and O–H groups in total. The van der Waals surface area contributed by atoms with Crippen molar-refractivity contribution in [2.45, 2.75) is 95.9 Å². The van der Waals surface area contributed by atoms with Crippen LogP contribution in [0.5, 0.6) is 0 Å². The van der Waals surface area contributed by atoms with Gasteiger partial charge in [-0.15, -0.1) is 0 Å². The van der Waals surface area contributed by atoms with Gasteiger partial charge in [0, 0.05) is 18.9 Å². The number of allylic oxidation sites excluding steroid dienone is 3. The van der Waals surface area contributed by atoms with Crippen LogP contribution in [0.1, 0.15) is 59.8 Å². The second-order valence-electron chi connectivity index (χ2n) is 10.0. The van der Waals surface area contributed by atoms with Crippen molar-refractivity contribution in [1.29, 1.82) is 0 Å². The average molecular weight is 475 g/mol. The maximum absolute atomic E-state index is 12.0. The first-order valence-corrected chi connectivity index (χ1v) is 12.1. The van der Waals surface area contributed by atoms with E-state index in [1.54, 1.807) is 0 Å². The highest BCUT2D eigenvalue weighted by Crippen LogP contribution is 2.43. The summed E-state index contributed by atoms with van der Waals surface area (Å²) >= 11 is 0. The van der Waals surface area contributed by atoms with Gasteiger partial charge in [0.15, 0.2) is 5.78 Å². The van der Waals surface area contributed by atoms with Gasteiger partial charge in [0.25, 0.3) is 0 Å². The first-order chi connectivity index (χ1) is 16.0. The van der Waals surface area contributed by atoms with Crippen LogP contribution in [0.15, 0.2) is 36.0 Å². The maximum atomic E-state index is 12.0. The van der Waals surface area contributed by atoms with Crippen molar-refractivity contribution in [3.63, 3.8) is 0 Å². The fourth-order valence-corrected chi connectivity index (χ4v) is 4.77. The molecule has 34 heavy (non-hydrogen) atoms. The summed E-state index contributed by atoms with van der Waals surface area (Å²) in [7, 11) is 0. The molecule has 0 aromatic heterocycles. The summed E-state index contributed by atoms with van der Waals surface area (Å²) in [6.45, 7) is 8.27. The van der Waals surface area contributed by atoms with Crippen molar-refractivity contribution in [2.24, 2.45) is 11.7 Å². The summed E-state index contributed by atoms with van der Waals surface area (Å²) in [5, 5.41) is 2.94. The Labute approximate surface area is 201 Å². The average Bonchev–Trinajstić information content (AvgIpc) is 3.49. The van der Waals surface area contributed by atoms with Crippen LogP contribution < -0.4 is 11.1 Å². The molecule has 1 spiro atoms. The standard InChI is InChI=1S/C26H38N2O6/c1-16(5-8-20-13-26(15-32-26)14-21(34-20)12-24(27)30)6-9-23-17(2)11-22(19(4)33-23)28-25(31)10-7-18(3)29/h5-8,10,17,19-23H,9,11-15H2,1-4H3,(H2,27,30)(H,28,31)/b8-5+,10-7-,16-6+/t17-,19+,20+,21+,22+,23-,26-/m0/s1. The second kappa shape index (κ2) is 11.4. The topological polar surface area (TPSA) is 120 Å². The summed E-state index contributed by atoms with van der Waals surface area (Å²) in [5.41, 5.74) is 6.31. The largest absolute Gasteiger partial charge is 0.373 e. The van der Waals surface area contributed by atoms with Gasteiger partial charge < -0.3 is 25.3 Å². The number of primary amides is 1. The molecule has 3 rings (SSSR count). The predicted octanol–water partition coefficient (Wildman–Crippen LogP) is 2.51. The molecule has 3 aliphatic heterocycles. The lowest BCUT2D eigenvalue weighted by Crippen LogP contribution is -2.50. The Morgan fingerprint density at radius 1 is 1.09 bits per heavy atom. The molecule has 0 saturated carbocycles. The van der Waals surface area contributed by atoms with E-state index < -0.39 is 0 Å². The van der Waals surface area contributed by atoms with E-state index in [4.69, 9.17) is 19.9 Å². The van der Waals surface area contributed by atoms with E-state index >= 15 is 0 Å². The molecule has 0 bridgehead atoms. The van der Waals surface area contributed by atoms with Crippen LogP contribution in [0.25, 0.3) is 0 Å². The van der Waals surface area contributed by atoms with Crippen molar-refractivity contribution in [2.75, 3.05) is 6.61 Å². The molecular formula is C26H38N2O6. The van der Waals surface area contributed by atoms with Crippen molar-refractivity contribution in [3.05, 3.63) is 36.0 Å². The van der Waals surface area contributed by atoms with Crippen molar-refractivity contribution < 1.29 is 28.6 Å². The van der Waals surface area contributed by atoms with Crippen LogP contribution in [-0.2, 0) is 28.6 Å². The number of amides is 2. The van der Waals surface area contributed by atoms with Crippen LogP contribution in [-0.4, -0.2) is 60.3 Å². The Morgan fingerprint density at radius 3 is 2.47 bits per heavy atom. The van der Waals surface area contributed by atoms with E-state index in [2.05, 4.69) is 24.4 Å². The molecule has 8 heteroatoms. The lowest BCUT2D eigenvalue weighted by Gasteiger charge is -2.39. The van der Waals surface area contributed by atoms with E-state index in [-0.39, 0.29) is 66.0 Å². The van der Waals surface area contributed by atoms with Gasteiger partial charge in [-0.2, -0.15) is 0 Å². The third-order valence-corrected chi connectivity index (χ3v) is 6.78. The molecule has 3 aliphatic rings. The first kappa shape index (κ1) is 26.3. The van der Waals surface area contributed by atoms with Crippen LogP contribution in [0, 0.1) is 5.92 Å².